The van der Waals surface area contributed by atoms with Crippen LogP contribution >= 0.6 is 0 Å². The summed E-state index contributed by atoms with van der Waals surface area (Å²) in [7, 11) is 0. The van der Waals surface area contributed by atoms with Crippen molar-refractivity contribution in [2.45, 2.75) is 45.4 Å². The van der Waals surface area contributed by atoms with E-state index in [0.717, 1.165) is 18.9 Å². The fraction of sp³-hybridized carbons (Fsp3) is 0.714. The molecule has 0 aliphatic heterocycles. The summed E-state index contributed by atoms with van der Waals surface area (Å²) in [4.78, 5) is 21.9. The van der Waals surface area contributed by atoms with E-state index in [1.807, 2.05) is 0 Å². The third-order valence-corrected chi connectivity index (χ3v) is 2.48. The van der Waals surface area contributed by atoms with Gasteiger partial charge in [0.2, 0.25) is 0 Å². The summed E-state index contributed by atoms with van der Waals surface area (Å²) >= 11 is 0. The zero-order chi connectivity index (χ0) is 14.3. The number of ether oxygens (including phenoxy) is 2. The van der Waals surface area contributed by atoms with Crippen LogP contribution in [0.15, 0.2) is 12.7 Å². The fourth-order valence-electron chi connectivity index (χ4n) is 1.43. The molecule has 0 unspecified atom stereocenters. The van der Waals surface area contributed by atoms with Gasteiger partial charge in [-0.1, -0.05) is 39.2 Å². The highest BCUT2D eigenvalue weighted by atomic mass is 16.6. The monoisotopic (exact) mass is 271 g/mol. The zero-order valence-electron chi connectivity index (χ0n) is 11.8. The van der Waals surface area contributed by atoms with Crippen LogP contribution in [-0.4, -0.2) is 31.8 Å². The smallest absolute Gasteiger partial charge is 0.407 e. The van der Waals surface area contributed by atoms with Gasteiger partial charge >= 0.3 is 12.1 Å². The van der Waals surface area contributed by atoms with Crippen LogP contribution in [-0.2, 0) is 14.3 Å². The first-order valence-corrected chi connectivity index (χ1v) is 6.90. The molecule has 0 rings (SSSR count). The third-order valence-electron chi connectivity index (χ3n) is 2.48. The molecule has 0 aromatic heterocycles. The molecule has 0 heterocycles. The van der Waals surface area contributed by atoms with E-state index in [-0.39, 0.29) is 13.2 Å². The van der Waals surface area contributed by atoms with Gasteiger partial charge in [-0.2, -0.15) is 0 Å². The highest BCUT2D eigenvalue weighted by Gasteiger charge is 2.01. The molecule has 0 spiro atoms. The fourth-order valence-corrected chi connectivity index (χ4v) is 1.43. The Hall–Kier alpha value is -1.52. The van der Waals surface area contributed by atoms with Gasteiger partial charge in [-0.15, -0.1) is 0 Å². The lowest BCUT2D eigenvalue weighted by molar-refractivity contribution is -0.137. The van der Waals surface area contributed by atoms with E-state index in [0.29, 0.717) is 13.0 Å². The molecular formula is C14H25NO4. The second kappa shape index (κ2) is 12.9. The lowest BCUT2D eigenvalue weighted by atomic mass is 10.1. The molecule has 110 valence electrons. The maximum absolute atomic E-state index is 11.2. The molecule has 0 aliphatic rings. The molecular weight excluding hydrogens is 246 g/mol. The highest BCUT2D eigenvalue weighted by Crippen LogP contribution is 2.01. The van der Waals surface area contributed by atoms with Crippen molar-refractivity contribution in [3.8, 4) is 0 Å². The molecule has 1 N–H and O–H groups in total. The van der Waals surface area contributed by atoms with E-state index in [1.165, 1.54) is 19.3 Å². The number of hydrogen-bond donors (Lipinski definition) is 1. The predicted octanol–water partition coefficient (Wildman–Crippen LogP) is 2.80. The second-order valence-electron chi connectivity index (χ2n) is 4.20. The number of amides is 1. The summed E-state index contributed by atoms with van der Waals surface area (Å²) in [6.07, 6.45) is 6.96. The molecule has 0 aromatic carbocycles. The summed E-state index contributed by atoms with van der Waals surface area (Å²) in [5.74, 6) is -0.462. The Balaban J connectivity index is 3.25. The molecule has 0 saturated heterocycles. The van der Waals surface area contributed by atoms with Gasteiger partial charge in [0.15, 0.2) is 0 Å². The second-order valence-corrected chi connectivity index (χ2v) is 4.20. The molecule has 5 nitrogen and oxygen atoms in total. The van der Waals surface area contributed by atoms with Gasteiger partial charge in [-0.05, 0) is 6.42 Å². The van der Waals surface area contributed by atoms with Crippen LogP contribution in [0, 0.1) is 0 Å². The highest BCUT2D eigenvalue weighted by molar-refractivity contribution is 5.81. The Kier molecular flexibility index (Phi) is 11.9. The van der Waals surface area contributed by atoms with E-state index in [2.05, 4.69) is 18.8 Å². The quantitative estimate of drug-likeness (QED) is 0.356. The maximum Gasteiger partial charge on any atom is 0.407 e. The van der Waals surface area contributed by atoms with E-state index < -0.39 is 12.1 Å². The number of nitrogens with one attached hydrogen (secondary N) is 1. The summed E-state index contributed by atoms with van der Waals surface area (Å²) < 4.78 is 9.66. The van der Waals surface area contributed by atoms with Gasteiger partial charge in [0, 0.05) is 19.0 Å². The van der Waals surface area contributed by atoms with Crippen LogP contribution in [0.2, 0.25) is 0 Å². The average molecular weight is 271 g/mol. The molecule has 1 amide bonds. The van der Waals surface area contributed by atoms with Crippen molar-refractivity contribution in [3.63, 3.8) is 0 Å². The number of unbranched alkanes of at least 4 members (excludes halogenated alkanes) is 4. The van der Waals surface area contributed by atoms with Gasteiger partial charge < -0.3 is 14.8 Å². The van der Waals surface area contributed by atoms with Crippen LogP contribution in [0.5, 0.6) is 0 Å². The number of rotatable bonds is 11. The van der Waals surface area contributed by atoms with Crippen molar-refractivity contribution in [2.24, 2.45) is 0 Å². The van der Waals surface area contributed by atoms with Crippen molar-refractivity contribution >= 4 is 12.1 Å². The van der Waals surface area contributed by atoms with Gasteiger partial charge in [-0.3, -0.25) is 0 Å². The summed E-state index contributed by atoms with van der Waals surface area (Å²) in [6.45, 7) is 6.57. The normalized spacial score (nSPS) is 9.74. The molecule has 0 saturated carbocycles. The summed E-state index contributed by atoms with van der Waals surface area (Å²) in [5, 5.41) is 2.69. The van der Waals surface area contributed by atoms with Crippen LogP contribution in [0.25, 0.3) is 0 Å². The van der Waals surface area contributed by atoms with Crippen LogP contribution in [0.1, 0.15) is 45.4 Å². The van der Waals surface area contributed by atoms with E-state index in [4.69, 9.17) is 9.47 Å². The first kappa shape index (κ1) is 17.5. The molecule has 0 bridgehead atoms. The molecule has 0 fully saturated rings. The molecule has 0 radical (unpaired) electrons. The van der Waals surface area contributed by atoms with Crippen LogP contribution in [0.4, 0.5) is 4.79 Å². The largest absolute Gasteiger partial charge is 0.462 e. The summed E-state index contributed by atoms with van der Waals surface area (Å²) in [5.41, 5.74) is 0. The standard InChI is InChI=1S/C14H25NO4/c1-3-5-6-7-8-10-15-14(17)19-12-9-11-18-13(16)4-2/h4H,2-3,5-12H2,1H3,(H,15,17). The van der Waals surface area contributed by atoms with E-state index in [9.17, 15) is 9.59 Å². The minimum absolute atomic E-state index is 0.231. The van der Waals surface area contributed by atoms with Crippen LogP contribution < -0.4 is 5.32 Å². The number of hydrogen-bond acceptors (Lipinski definition) is 4. The van der Waals surface area contributed by atoms with Gasteiger partial charge in [0.1, 0.15) is 0 Å². The van der Waals surface area contributed by atoms with Gasteiger partial charge in [0.25, 0.3) is 0 Å². The first-order chi connectivity index (χ1) is 9.20. The minimum atomic E-state index is -0.462. The Bertz CT molecular complexity index is 266. The Morgan fingerprint density at radius 3 is 2.42 bits per heavy atom. The molecule has 0 atom stereocenters. The number of alkyl carbamates (subject to hydrolysis) is 1. The van der Waals surface area contributed by atoms with Crippen molar-refractivity contribution < 1.29 is 19.1 Å². The number of carbonyl (C=O) groups excluding carboxylic acids is 2. The Morgan fingerprint density at radius 2 is 1.74 bits per heavy atom. The number of esters is 1. The summed E-state index contributed by atoms with van der Waals surface area (Å²) in [6, 6.07) is 0. The topological polar surface area (TPSA) is 64.6 Å². The number of carbonyl (C=O) groups is 2. The molecule has 0 aromatic rings. The van der Waals surface area contributed by atoms with Gasteiger partial charge in [-0.25, -0.2) is 9.59 Å². The Labute approximate surface area is 115 Å². The predicted molar refractivity (Wildman–Crippen MR) is 73.9 cm³/mol. The molecule has 0 aliphatic carbocycles. The lowest BCUT2D eigenvalue weighted by Crippen LogP contribution is -2.26. The van der Waals surface area contributed by atoms with Crippen LogP contribution in [0.3, 0.4) is 0 Å². The van der Waals surface area contributed by atoms with Crippen molar-refractivity contribution in [1.29, 1.82) is 0 Å². The van der Waals surface area contributed by atoms with Gasteiger partial charge in [0.05, 0.1) is 13.2 Å². The van der Waals surface area contributed by atoms with Crippen molar-refractivity contribution in [1.82, 2.24) is 5.32 Å². The lowest BCUT2D eigenvalue weighted by Gasteiger charge is -2.07. The SMILES string of the molecule is C=CC(=O)OCCCOC(=O)NCCCCCCC. The van der Waals surface area contributed by atoms with E-state index >= 15 is 0 Å². The average Bonchev–Trinajstić information content (AvgIpc) is 2.42. The van der Waals surface area contributed by atoms with Crippen molar-refractivity contribution in [2.75, 3.05) is 19.8 Å². The third kappa shape index (κ3) is 12.7. The molecule has 5 heteroatoms. The van der Waals surface area contributed by atoms with E-state index in [1.54, 1.807) is 0 Å². The Morgan fingerprint density at radius 1 is 1.05 bits per heavy atom. The first-order valence-electron chi connectivity index (χ1n) is 6.90. The van der Waals surface area contributed by atoms with Crippen molar-refractivity contribution in [3.05, 3.63) is 12.7 Å². The molecule has 19 heavy (non-hydrogen) atoms. The maximum atomic E-state index is 11.2. The minimum Gasteiger partial charge on any atom is -0.462 e. The zero-order valence-corrected chi connectivity index (χ0v) is 11.8.